The second kappa shape index (κ2) is 11.0. The molecule has 6 unspecified atom stereocenters. The molecule has 0 bridgehead atoms. The first-order valence-electron chi connectivity index (χ1n) is 14.5. The molecule has 10 nitrogen and oxygen atoms in total. The summed E-state index contributed by atoms with van der Waals surface area (Å²) in [5.41, 5.74) is 1.90. The third kappa shape index (κ3) is 5.09. The minimum Gasteiger partial charge on any atom is -0.394 e. The summed E-state index contributed by atoms with van der Waals surface area (Å²) in [7, 11) is 0. The summed E-state index contributed by atoms with van der Waals surface area (Å²) >= 11 is 1.57. The number of benzene rings is 1. The fraction of sp³-hybridized carbons (Fsp3) is 0.643. The molecule has 6 atom stereocenters. The highest BCUT2D eigenvalue weighted by molar-refractivity contribution is 7.99. The molecule has 220 valence electrons. The third-order valence-corrected chi connectivity index (χ3v) is 9.62. The number of nitrogens with one attached hydrogen (secondary N) is 1. The van der Waals surface area contributed by atoms with Crippen LogP contribution in [0.4, 0.5) is 14.6 Å². The lowest BCUT2D eigenvalue weighted by atomic mass is 10.1. The number of rotatable bonds is 10. The number of thioether (sulfide) groups is 1. The zero-order valence-corrected chi connectivity index (χ0v) is 23.7. The van der Waals surface area contributed by atoms with Gasteiger partial charge in [-0.05, 0) is 43.4 Å². The van der Waals surface area contributed by atoms with Crippen molar-refractivity contribution < 1.29 is 28.1 Å². The van der Waals surface area contributed by atoms with Crippen LogP contribution in [-0.4, -0.2) is 79.2 Å². The Hall–Kier alpha value is -2.45. The summed E-state index contributed by atoms with van der Waals surface area (Å²) in [6, 6.07) is 3.86. The Morgan fingerprint density at radius 2 is 1.98 bits per heavy atom. The lowest BCUT2D eigenvalue weighted by molar-refractivity contribution is -0.190. The average Bonchev–Trinajstić information content (AvgIpc) is 3.32. The molecule has 1 aromatic carbocycles. The summed E-state index contributed by atoms with van der Waals surface area (Å²) in [6.07, 6.45) is 5.38. The fourth-order valence-electron chi connectivity index (χ4n) is 6.54. The molecule has 7 rings (SSSR count). The average molecular weight is 589 g/mol. The van der Waals surface area contributed by atoms with E-state index in [-0.39, 0.29) is 49.5 Å². The maximum Gasteiger partial charge on any atom is 0.191 e. The molecule has 3 saturated carbocycles. The van der Waals surface area contributed by atoms with Gasteiger partial charge in [0, 0.05) is 37.0 Å². The first kappa shape index (κ1) is 27.4. The first-order valence-corrected chi connectivity index (χ1v) is 15.5. The van der Waals surface area contributed by atoms with Crippen LogP contribution in [0.5, 0.6) is 0 Å². The van der Waals surface area contributed by atoms with Gasteiger partial charge in [-0.25, -0.2) is 23.4 Å². The lowest BCUT2D eigenvalue weighted by Gasteiger charge is -2.26. The number of fused-ring (bicyclic) bond motifs is 2. The fourth-order valence-corrected chi connectivity index (χ4v) is 7.23. The van der Waals surface area contributed by atoms with Crippen LogP contribution < -0.4 is 5.32 Å². The molecule has 1 spiro atoms. The van der Waals surface area contributed by atoms with Crippen molar-refractivity contribution in [1.82, 2.24) is 25.0 Å². The molecule has 3 aromatic rings. The monoisotopic (exact) mass is 588 g/mol. The molecule has 0 radical (unpaired) electrons. The van der Waals surface area contributed by atoms with E-state index in [2.05, 4.69) is 22.6 Å². The number of nitrogens with zero attached hydrogens (tertiary/aromatic N) is 5. The van der Waals surface area contributed by atoms with Gasteiger partial charge < -0.3 is 24.6 Å². The van der Waals surface area contributed by atoms with Gasteiger partial charge in [-0.15, -0.1) is 5.10 Å². The largest absolute Gasteiger partial charge is 0.394 e. The standard InChI is InChI=1S/C28H34F2N6O4S/c1-2-11-41-27-32-25(31-19-13-16(19)15-5-6-17(29)18(30)12-15)22-26(33-27)36(35-34-22)20-14-21(38-10-9-37)24-23(20)39-28(40-24)7-3-4-8-28/h5-6,12,16,19-21,23-24,37H,2-4,7-11,13-14H2,1H3,(H,31,32,33). The highest BCUT2D eigenvalue weighted by Gasteiger charge is 2.59. The van der Waals surface area contributed by atoms with Crippen LogP contribution in [0.25, 0.3) is 11.2 Å². The van der Waals surface area contributed by atoms with E-state index in [0.29, 0.717) is 28.6 Å². The third-order valence-electron chi connectivity index (χ3n) is 8.57. The first-order chi connectivity index (χ1) is 20.0. The predicted octanol–water partition coefficient (Wildman–Crippen LogP) is 4.35. The number of ether oxygens (including phenoxy) is 3. The van der Waals surface area contributed by atoms with Crippen molar-refractivity contribution in [3.05, 3.63) is 35.4 Å². The van der Waals surface area contributed by atoms with Crippen molar-refractivity contribution in [2.24, 2.45) is 0 Å². The van der Waals surface area contributed by atoms with Gasteiger partial charge in [0.1, 0.15) is 12.2 Å². The number of halogens is 2. The summed E-state index contributed by atoms with van der Waals surface area (Å²) in [5, 5.41) is 22.6. The summed E-state index contributed by atoms with van der Waals surface area (Å²) in [4.78, 5) is 9.66. The van der Waals surface area contributed by atoms with Crippen molar-refractivity contribution >= 4 is 28.7 Å². The molecule has 13 heteroatoms. The quantitative estimate of drug-likeness (QED) is 0.262. The molecule has 1 saturated heterocycles. The minimum atomic E-state index is -0.848. The molecule has 4 aliphatic rings. The van der Waals surface area contributed by atoms with Crippen molar-refractivity contribution in [1.29, 1.82) is 0 Å². The van der Waals surface area contributed by atoms with Gasteiger partial charge in [0.05, 0.1) is 25.4 Å². The van der Waals surface area contributed by atoms with Gasteiger partial charge in [-0.1, -0.05) is 30.0 Å². The van der Waals surface area contributed by atoms with Gasteiger partial charge >= 0.3 is 0 Å². The molecule has 2 N–H and O–H groups in total. The van der Waals surface area contributed by atoms with Crippen LogP contribution in [0.15, 0.2) is 23.4 Å². The maximum absolute atomic E-state index is 13.9. The van der Waals surface area contributed by atoms with E-state index in [9.17, 15) is 13.9 Å². The molecule has 1 aliphatic heterocycles. The molecular formula is C28H34F2N6O4S. The number of aromatic nitrogens is 5. The number of aliphatic hydroxyl groups is 1. The van der Waals surface area contributed by atoms with Crippen LogP contribution in [0.1, 0.15) is 69.4 Å². The zero-order valence-electron chi connectivity index (χ0n) is 22.8. The molecule has 0 amide bonds. The minimum absolute atomic E-state index is 0.00745. The van der Waals surface area contributed by atoms with Crippen LogP contribution in [0, 0.1) is 11.6 Å². The summed E-state index contributed by atoms with van der Waals surface area (Å²) in [6.45, 7) is 2.27. The number of aliphatic hydroxyl groups excluding tert-OH is 1. The highest BCUT2D eigenvalue weighted by Crippen LogP contribution is 2.51. The zero-order chi connectivity index (χ0) is 28.1. The van der Waals surface area contributed by atoms with Gasteiger partial charge in [0.25, 0.3) is 0 Å². The van der Waals surface area contributed by atoms with Crippen molar-refractivity contribution in [3.63, 3.8) is 0 Å². The van der Waals surface area contributed by atoms with Crippen LogP contribution in [-0.2, 0) is 14.2 Å². The molecule has 4 fully saturated rings. The van der Waals surface area contributed by atoms with Gasteiger partial charge in [-0.3, -0.25) is 0 Å². The van der Waals surface area contributed by atoms with Crippen molar-refractivity contribution in [3.8, 4) is 0 Å². The lowest BCUT2D eigenvalue weighted by Crippen LogP contribution is -2.32. The Labute approximate surface area is 240 Å². The van der Waals surface area contributed by atoms with E-state index in [0.717, 1.165) is 49.8 Å². The van der Waals surface area contributed by atoms with Crippen LogP contribution >= 0.6 is 11.8 Å². The smallest absolute Gasteiger partial charge is 0.191 e. The summed E-state index contributed by atoms with van der Waals surface area (Å²) in [5.74, 6) is -0.794. The molecule has 3 heterocycles. The van der Waals surface area contributed by atoms with E-state index >= 15 is 0 Å². The summed E-state index contributed by atoms with van der Waals surface area (Å²) < 4.78 is 48.3. The maximum atomic E-state index is 13.9. The van der Waals surface area contributed by atoms with Crippen molar-refractivity contribution in [2.75, 3.05) is 24.3 Å². The van der Waals surface area contributed by atoms with E-state index in [1.807, 2.05) is 4.68 Å². The molecule has 2 aromatic heterocycles. The molecule has 3 aliphatic carbocycles. The van der Waals surface area contributed by atoms with E-state index in [4.69, 9.17) is 24.2 Å². The Kier molecular flexibility index (Phi) is 7.34. The van der Waals surface area contributed by atoms with Crippen LogP contribution in [0.2, 0.25) is 0 Å². The van der Waals surface area contributed by atoms with Crippen LogP contribution in [0.3, 0.4) is 0 Å². The second-order valence-electron chi connectivity index (χ2n) is 11.4. The highest BCUT2D eigenvalue weighted by atomic mass is 32.2. The van der Waals surface area contributed by atoms with E-state index in [1.165, 1.54) is 12.1 Å². The molecular weight excluding hydrogens is 554 g/mol. The second-order valence-corrected chi connectivity index (χ2v) is 12.5. The normalized spacial score (nSPS) is 30.0. The number of hydrogen-bond donors (Lipinski definition) is 2. The number of hydrogen-bond acceptors (Lipinski definition) is 10. The van der Waals surface area contributed by atoms with Gasteiger partial charge in [0.15, 0.2) is 39.6 Å². The Balaban J connectivity index is 1.20. The van der Waals surface area contributed by atoms with Crippen molar-refractivity contribution in [2.45, 2.75) is 99.1 Å². The Morgan fingerprint density at radius 1 is 1.15 bits per heavy atom. The SMILES string of the molecule is CCCSc1nc(NC2CC2c2ccc(F)c(F)c2)c2nnn(C3CC(OCCO)C4OC5(CCCC5)OC43)c2n1. The van der Waals surface area contributed by atoms with E-state index in [1.54, 1.807) is 17.8 Å². The molecule has 41 heavy (non-hydrogen) atoms. The van der Waals surface area contributed by atoms with Gasteiger partial charge in [-0.2, -0.15) is 0 Å². The Bertz CT molecular complexity index is 1420. The predicted molar refractivity (Wildman–Crippen MR) is 147 cm³/mol. The van der Waals surface area contributed by atoms with Gasteiger partial charge in [0.2, 0.25) is 0 Å². The topological polar surface area (TPSA) is 116 Å². The Morgan fingerprint density at radius 3 is 2.76 bits per heavy atom. The number of anilines is 1. The van der Waals surface area contributed by atoms with E-state index < -0.39 is 17.4 Å².